The van der Waals surface area contributed by atoms with Crippen LogP contribution in [0.5, 0.6) is 0 Å². The van der Waals surface area contributed by atoms with Crippen molar-refractivity contribution < 1.29 is 14.7 Å². The number of amides is 1. The van der Waals surface area contributed by atoms with Crippen molar-refractivity contribution in [2.75, 3.05) is 0 Å². The van der Waals surface area contributed by atoms with Crippen molar-refractivity contribution in [3.05, 3.63) is 0 Å². The molecular formula is C11H22N2O3. The van der Waals surface area contributed by atoms with E-state index >= 15 is 0 Å². The van der Waals surface area contributed by atoms with E-state index in [2.05, 4.69) is 5.32 Å². The molecule has 5 heteroatoms. The maximum absolute atomic E-state index is 11.7. The number of carbonyl (C=O) groups is 2. The zero-order valence-corrected chi connectivity index (χ0v) is 10.2. The van der Waals surface area contributed by atoms with Crippen LogP contribution in [0.2, 0.25) is 0 Å². The van der Waals surface area contributed by atoms with Gasteiger partial charge in [0, 0.05) is 0 Å². The van der Waals surface area contributed by atoms with Gasteiger partial charge < -0.3 is 16.2 Å². The van der Waals surface area contributed by atoms with E-state index in [1.54, 1.807) is 6.92 Å². The Kier molecular flexibility index (Phi) is 6.03. The monoisotopic (exact) mass is 230 g/mol. The highest BCUT2D eigenvalue weighted by Crippen LogP contribution is 2.09. The molecule has 1 unspecified atom stereocenters. The van der Waals surface area contributed by atoms with Gasteiger partial charge in [-0.3, -0.25) is 4.79 Å². The first-order chi connectivity index (χ1) is 7.35. The molecule has 0 aliphatic heterocycles. The molecular weight excluding hydrogens is 208 g/mol. The summed E-state index contributed by atoms with van der Waals surface area (Å²) >= 11 is 0. The summed E-state index contributed by atoms with van der Waals surface area (Å²) in [7, 11) is 0. The predicted octanol–water partition coefficient (Wildman–Crippen LogP) is 0.873. The van der Waals surface area contributed by atoms with Crippen LogP contribution in [0.4, 0.5) is 0 Å². The second-order valence-corrected chi connectivity index (χ2v) is 4.32. The normalized spacial score (nSPS) is 16.2. The smallest absolute Gasteiger partial charge is 0.326 e. The molecule has 0 aromatic carbocycles. The maximum atomic E-state index is 11.7. The highest BCUT2D eigenvalue weighted by Gasteiger charge is 2.30. The Balaban J connectivity index is 4.44. The van der Waals surface area contributed by atoms with Crippen molar-refractivity contribution in [2.24, 2.45) is 5.73 Å². The molecule has 16 heavy (non-hydrogen) atoms. The number of nitrogens with one attached hydrogen (secondary N) is 1. The molecule has 94 valence electrons. The van der Waals surface area contributed by atoms with Gasteiger partial charge >= 0.3 is 5.97 Å². The van der Waals surface area contributed by atoms with Crippen molar-refractivity contribution in [3.63, 3.8) is 0 Å². The number of nitrogens with two attached hydrogens (primary N) is 1. The molecule has 0 bridgehead atoms. The van der Waals surface area contributed by atoms with Crippen LogP contribution in [-0.4, -0.2) is 28.6 Å². The number of rotatable bonds is 7. The summed E-state index contributed by atoms with van der Waals surface area (Å²) in [5, 5.41) is 11.4. The van der Waals surface area contributed by atoms with Crippen LogP contribution in [0.15, 0.2) is 0 Å². The van der Waals surface area contributed by atoms with E-state index in [0.29, 0.717) is 19.3 Å². The molecule has 2 atom stereocenters. The fraction of sp³-hybridized carbons (Fsp3) is 0.818. The van der Waals surface area contributed by atoms with E-state index in [0.717, 1.165) is 6.42 Å². The van der Waals surface area contributed by atoms with E-state index < -0.39 is 23.5 Å². The van der Waals surface area contributed by atoms with Gasteiger partial charge in [-0.05, 0) is 19.8 Å². The van der Waals surface area contributed by atoms with Crippen LogP contribution in [-0.2, 0) is 9.59 Å². The summed E-state index contributed by atoms with van der Waals surface area (Å²) in [6.07, 6.45) is 2.44. The maximum Gasteiger partial charge on any atom is 0.326 e. The quantitative estimate of drug-likeness (QED) is 0.605. The molecule has 0 radical (unpaired) electrons. The lowest BCUT2D eigenvalue weighted by molar-refractivity contribution is -0.142. The van der Waals surface area contributed by atoms with E-state index in [-0.39, 0.29) is 0 Å². The second-order valence-electron chi connectivity index (χ2n) is 4.32. The molecule has 0 aliphatic carbocycles. The topological polar surface area (TPSA) is 92.4 Å². The number of carboxylic acid groups (broad SMARTS) is 1. The molecule has 0 fully saturated rings. The summed E-state index contributed by atoms with van der Waals surface area (Å²) in [6, 6.07) is -0.836. The van der Waals surface area contributed by atoms with E-state index in [1.807, 2.05) is 13.8 Å². The second kappa shape index (κ2) is 6.48. The first-order valence-corrected chi connectivity index (χ1v) is 5.67. The number of hydrogen-bond acceptors (Lipinski definition) is 3. The standard InChI is InChI=1S/C11H22N2O3/c1-4-6-8(9(14)15)13-10(16)11(3,12)7-5-2/h8H,4-7,12H2,1-3H3,(H,13,16)(H,14,15)/t8-,11?/m1/s1. The van der Waals surface area contributed by atoms with Crippen LogP contribution < -0.4 is 11.1 Å². The summed E-state index contributed by atoms with van der Waals surface area (Å²) in [4.78, 5) is 22.6. The highest BCUT2D eigenvalue weighted by molar-refractivity contribution is 5.89. The third kappa shape index (κ3) is 4.61. The minimum atomic E-state index is -1.01. The molecule has 0 saturated carbocycles. The van der Waals surface area contributed by atoms with Crippen molar-refractivity contribution in [1.82, 2.24) is 5.32 Å². The van der Waals surface area contributed by atoms with Gasteiger partial charge in [0.25, 0.3) is 0 Å². The van der Waals surface area contributed by atoms with Crippen molar-refractivity contribution in [1.29, 1.82) is 0 Å². The molecule has 4 N–H and O–H groups in total. The highest BCUT2D eigenvalue weighted by atomic mass is 16.4. The fourth-order valence-corrected chi connectivity index (χ4v) is 1.50. The Bertz CT molecular complexity index is 252. The number of aliphatic carboxylic acids is 1. The molecule has 0 saturated heterocycles. The summed E-state index contributed by atoms with van der Waals surface area (Å²) in [5.74, 6) is -1.40. The van der Waals surface area contributed by atoms with E-state index in [4.69, 9.17) is 10.8 Å². The Labute approximate surface area is 96.4 Å². The van der Waals surface area contributed by atoms with E-state index in [9.17, 15) is 9.59 Å². The number of carbonyl (C=O) groups excluding carboxylic acids is 1. The van der Waals surface area contributed by atoms with Gasteiger partial charge in [0.15, 0.2) is 0 Å². The molecule has 0 spiro atoms. The summed E-state index contributed by atoms with van der Waals surface area (Å²) in [6.45, 7) is 5.42. The molecule has 0 aliphatic rings. The molecule has 0 aromatic heterocycles. The van der Waals surface area contributed by atoms with Gasteiger partial charge in [-0.1, -0.05) is 26.7 Å². The van der Waals surface area contributed by atoms with Gasteiger partial charge in [0.05, 0.1) is 5.54 Å². The average molecular weight is 230 g/mol. The van der Waals surface area contributed by atoms with Crippen molar-refractivity contribution >= 4 is 11.9 Å². The SMILES string of the molecule is CCC[C@@H](NC(=O)C(C)(N)CCC)C(=O)O. The molecule has 0 aromatic rings. The third-order valence-electron chi connectivity index (χ3n) is 2.47. The summed E-state index contributed by atoms with van der Waals surface area (Å²) < 4.78 is 0. The van der Waals surface area contributed by atoms with Gasteiger partial charge in [-0.2, -0.15) is 0 Å². The lowest BCUT2D eigenvalue weighted by Crippen LogP contribution is -2.55. The largest absolute Gasteiger partial charge is 0.480 e. The van der Waals surface area contributed by atoms with Crippen molar-refractivity contribution in [2.45, 2.75) is 58.0 Å². The first-order valence-electron chi connectivity index (χ1n) is 5.67. The zero-order chi connectivity index (χ0) is 12.8. The van der Waals surface area contributed by atoms with Gasteiger partial charge in [-0.25, -0.2) is 4.79 Å². The first kappa shape index (κ1) is 14.9. The average Bonchev–Trinajstić information content (AvgIpc) is 2.16. The molecule has 5 nitrogen and oxygen atoms in total. The predicted molar refractivity (Wildman–Crippen MR) is 62.0 cm³/mol. The van der Waals surface area contributed by atoms with Gasteiger partial charge in [0.2, 0.25) is 5.91 Å². The molecule has 0 heterocycles. The zero-order valence-electron chi connectivity index (χ0n) is 10.2. The fourth-order valence-electron chi connectivity index (χ4n) is 1.50. The Morgan fingerprint density at radius 3 is 2.31 bits per heavy atom. The minimum absolute atomic E-state index is 0.393. The third-order valence-corrected chi connectivity index (χ3v) is 2.47. The lowest BCUT2D eigenvalue weighted by atomic mass is 9.96. The van der Waals surface area contributed by atoms with E-state index in [1.165, 1.54) is 0 Å². The van der Waals surface area contributed by atoms with Gasteiger partial charge in [-0.15, -0.1) is 0 Å². The Morgan fingerprint density at radius 1 is 1.38 bits per heavy atom. The summed E-state index contributed by atoms with van der Waals surface area (Å²) in [5.41, 5.74) is 4.82. The number of hydrogen-bond donors (Lipinski definition) is 3. The number of carboxylic acids is 1. The minimum Gasteiger partial charge on any atom is -0.480 e. The molecule has 1 amide bonds. The van der Waals surface area contributed by atoms with Crippen molar-refractivity contribution in [3.8, 4) is 0 Å². The van der Waals surface area contributed by atoms with Crippen LogP contribution in [0.1, 0.15) is 46.5 Å². The van der Waals surface area contributed by atoms with Crippen LogP contribution in [0, 0.1) is 0 Å². The van der Waals surface area contributed by atoms with Crippen LogP contribution in [0.25, 0.3) is 0 Å². The lowest BCUT2D eigenvalue weighted by Gasteiger charge is -2.25. The Hall–Kier alpha value is -1.10. The molecule has 0 rings (SSSR count). The van der Waals surface area contributed by atoms with Crippen LogP contribution in [0.3, 0.4) is 0 Å². The van der Waals surface area contributed by atoms with Gasteiger partial charge in [0.1, 0.15) is 6.04 Å². The van der Waals surface area contributed by atoms with Crippen LogP contribution >= 0.6 is 0 Å². The Morgan fingerprint density at radius 2 is 1.94 bits per heavy atom.